The molecule has 0 bridgehead atoms. The van der Waals surface area contributed by atoms with E-state index in [0.717, 1.165) is 23.1 Å². The summed E-state index contributed by atoms with van der Waals surface area (Å²) >= 11 is 3.29. The standard InChI is InChI=1S/C13H18BrNO2/c1-9(2)6-7-15(3)12-5-4-10(14)8-11(12)13(16)17/h4-5,8-9H,6-7H2,1-3H3,(H,16,17). The van der Waals surface area contributed by atoms with E-state index in [1.54, 1.807) is 6.07 Å². The lowest BCUT2D eigenvalue weighted by atomic mass is 10.1. The predicted octanol–water partition coefficient (Wildman–Crippen LogP) is 3.63. The molecule has 0 saturated heterocycles. The topological polar surface area (TPSA) is 40.5 Å². The number of hydrogen-bond acceptors (Lipinski definition) is 2. The first-order valence-corrected chi connectivity index (χ1v) is 6.45. The number of carboxylic acid groups (broad SMARTS) is 1. The average molecular weight is 300 g/mol. The second-order valence-corrected chi connectivity index (χ2v) is 5.49. The van der Waals surface area contributed by atoms with Crippen molar-refractivity contribution in [3.63, 3.8) is 0 Å². The number of anilines is 1. The van der Waals surface area contributed by atoms with Crippen molar-refractivity contribution in [2.45, 2.75) is 20.3 Å². The lowest BCUT2D eigenvalue weighted by Crippen LogP contribution is -2.22. The Morgan fingerprint density at radius 1 is 1.47 bits per heavy atom. The lowest BCUT2D eigenvalue weighted by molar-refractivity contribution is 0.0697. The maximum atomic E-state index is 11.2. The third kappa shape index (κ3) is 4.04. The molecule has 1 rings (SSSR count). The predicted molar refractivity (Wildman–Crippen MR) is 73.8 cm³/mol. The first-order valence-electron chi connectivity index (χ1n) is 5.65. The summed E-state index contributed by atoms with van der Waals surface area (Å²) in [5, 5.41) is 9.17. The van der Waals surface area contributed by atoms with Crippen LogP contribution in [-0.2, 0) is 0 Å². The number of carboxylic acids is 1. The van der Waals surface area contributed by atoms with Gasteiger partial charge >= 0.3 is 5.97 Å². The lowest BCUT2D eigenvalue weighted by Gasteiger charge is -2.22. The summed E-state index contributed by atoms with van der Waals surface area (Å²) in [6.45, 7) is 5.18. The minimum Gasteiger partial charge on any atom is -0.478 e. The van der Waals surface area contributed by atoms with Gasteiger partial charge in [0.15, 0.2) is 0 Å². The fourth-order valence-electron chi connectivity index (χ4n) is 1.58. The fourth-order valence-corrected chi connectivity index (χ4v) is 1.95. The van der Waals surface area contributed by atoms with Gasteiger partial charge in [0.25, 0.3) is 0 Å². The van der Waals surface area contributed by atoms with Crippen molar-refractivity contribution in [1.82, 2.24) is 0 Å². The second kappa shape index (κ2) is 6.05. The molecule has 0 fully saturated rings. The molecule has 0 amide bonds. The molecule has 1 N–H and O–H groups in total. The van der Waals surface area contributed by atoms with Gasteiger partial charge in [-0.15, -0.1) is 0 Å². The van der Waals surface area contributed by atoms with Gasteiger partial charge in [0.1, 0.15) is 0 Å². The number of carbonyl (C=O) groups is 1. The first kappa shape index (κ1) is 14.0. The van der Waals surface area contributed by atoms with Crippen LogP contribution in [0.3, 0.4) is 0 Å². The molecule has 3 nitrogen and oxygen atoms in total. The zero-order valence-corrected chi connectivity index (χ0v) is 12.0. The molecule has 1 aromatic rings. The summed E-state index contributed by atoms with van der Waals surface area (Å²) < 4.78 is 0.788. The normalized spacial score (nSPS) is 10.6. The Kier molecular flexibility index (Phi) is 5.00. The van der Waals surface area contributed by atoms with Crippen LogP contribution in [0.15, 0.2) is 22.7 Å². The van der Waals surface area contributed by atoms with E-state index in [2.05, 4.69) is 29.8 Å². The summed E-state index contributed by atoms with van der Waals surface area (Å²) in [6.07, 6.45) is 1.05. The summed E-state index contributed by atoms with van der Waals surface area (Å²) in [7, 11) is 1.93. The molecule has 94 valence electrons. The molecule has 0 unspecified atom stereocenters. The summed E-state index contributed by atoms with van der Waals surface area (Å²) in [5.41, 5.74) is 1.10. The number of rotatable bonds is 5. The molecule has 0 atom stereocenters. The number of benzene rings is 1. The van der Waals surface area contributed by atoms with Gasteiger partial charge in [-0.3, -0.25) is 0 Å². The van der Waals surface area contributed by atoms with Gasteiger partial charge in [-0.1, -0.05) is 29.8 Å². The summed E-state index contributed by atoms with van der Waals surface area (Å²) in [4.78, 5) is 13.2. The molecule has 0 aliphatic rings. The van der Waals surface area contributed by atoms with Gasteiger partial charge in [-0.2, -0.15) is 0 Å². The van der Waals surface area contributed by atoms with Crippen LogP contribution in [0.2, 0.25) is 0 Å². The second-order valence-electron chi connectivity index (χ2n) is 4.57. The SMILES string of the molecule is CC(C)CCN(C)c1ccc(Br)cc1C(=O)O. The monoisotopic (exact) mass is 299 g/mol. The van der Waals surface area contributed by atoms with Crippen LogP contribution in [0.25, 0.3) is 0 Å². The number of halogens is 1. The van der Waals surface area contributed by atoms with Crippen LogP contribution in [0, 0.1) is 5.92 Å². The van der Waals surface area contributed by atoms with Crippen molar-refractivity contribution in [2.24, 2.45) is 5.92 Å². The maximum Gasteiger partial charge on any atom is 0.337 e. The van der Waals surface area contributed by atoms with Gasteiger partial charge in [0.05, 0.1) is 11.3 Å². The molecule has 17 heavy (non-hydrogen) atoms. The largest absolute Gasteiger partial charge is 0.478 e. The van der Waals surface area contributed by atoms with Crippen LogP contribution >= 0.6 is 15.9 Å². The van der Waals surface area contributed by atoms with E-state index in [9.17, 15) is 4.79 Å². The third-order valence-electron chi connectivity index (χ3n) is 2.64. The third-order valence-corrected chi connectivity index (χ3v) is 3.14. The fraction of sp³-hybridized carbons (Fsp3) is 0.462. The molecule has 0 saturated carbocycles. The van der Waals surface area contributed by atoms with E-state index < -0.39 is 5.97 Å². The minimum absolute atomic E-state index is 0.339. The highest BCUT2D eigenvalue weighted by molar-refractivity contribution is 9.10. The van der Waals surface area contributed by atoms with Crippen LogP contribution in [0.5, 0.6) is 0 Å². The average Bonchev–Trinajstić information content (AvgIpc) is 2.25. The molecule has 0 aliphatic carbocycles. The van der Waals surface area contributed by atoms with Gasteiger partial charge in [0, 0.05) is 18.1 Å². The molecule has 0 aromatic heterocycles. The van der Waals surface area contributed by atoms with Crippen molar-refractivity contribution in [3.05, 3.63) is 28.2 Å². The van der Waals surface area contributed by atoms with Crippen molar-refractivity contribution >= 4 is 27.6 Å². The van der Waals surface area contributed by atoms with Crippen LogP contribution < -0.4 is 4.90 Å². The van der Waals surface area contributed by atoms with Gasteiger partial charge in [-0.25, -0.2) is 4.79 Å². The van der Waals surface area contributed by atoms with Crippen LogP contribution in [0.4, 0.5) is 5.69 Å². The molecular formula is C13H18BrNO2. The molecule has 0 spiro atoms. The Bertz CT molecular complexity index is 404. The Balaban J connectivity index is 2.92. The highest BCUT2D eigenvalue weighted by atomic mass is 79.9. The van der Waals surface area contributed by atoms with Crippen molar-refractivity contribution in [3.8, 4) is 0 Å². The minimum atomic E-state index is -0.891. The highest BCUT2D eigenvalue weighted by Crippen LogP contribution is 2.24. The van der Waals surface area contributed by atoms with Crippen molar-refractivity contribution < 1.29 is 9.90 Å². The number of nitrogens with zero attached hydrogens (tertiary/aromatic N) is 1. The van der Waals surface area contributed by atoms with Crippen molar-refractivity contribution in [1.29, 1.82) is 0 Å². The number of hydrogen-bond donors (Lipinski definition) is 1. The van der Waals surface area contributed by atoms with E-state index in [-0.39, 0.29) is 0 Å². The molecule has 4 heteroatoms. The Labute approximate surface area is 111 Å². The summed E-state index contributed by atoms with van der Waals surface area (Å²) in [6, 6.07) is 5.35. The van der Waals surface area contributed by atoms with Crippen molar-refractivity contribution in [2.75, 3.05) is 18.5 Å². The molecule has 0 radical (unpaired) electrons. The molecular weight excluding hydrogens is 282 g/mol. The van der Waals surface area contributed by atoms with E-state index >= 15 is 0 Å². The smallest absolute Gasteiger partial charge is 0.337 e. The Hall–Kier alpha value is -1.03. The van der Waals surface area contributed by atoms with Crippen LogP contribution in [0.1, 0.15) is 30.6 Å². The zero-order chi connectivity index (χ0) is 13.0. The maximum absolute atomic E-state index is 11.2. The molecule has 1 aromatic carbocycles. The number of aromatic carboxylic acids is 1. The Morgan fingerprint density at radius 3 is 2.65 bits per heavy atom. The van der Waals surface area contributed by atoms with E-state index in [1.165, 1.54) is 0 Å². The van der Waals surface area contributed by atoms with Gasteiger partial charge < -0.3 is 10.0 Å². The highest BCUT2D eigenvalue weighted by Gasteiger charge is 2.14. The first-order chi connectivity index (χ1) is 7.91. The molecule has 0 aliphatic heterocycles. The summed E-state index contributed by atoms with van der Waals surface area (Å²) in [5.74, 6) is -0.279. The van der Waals surface area contributed by atoms with E-state index in [0.29, 0.717) is 11.5 Å². The quantitative estimate of drug-likeness (QED) is 0.902. The van der Waals surface area contributed by atoms with E-state index in [1.807, 2.05) is 24.1 Å². The van der Waals surface area contributed by atoms with Crippen LogP contribution in [-0.4, -0.2) is 24.7 Å². The zero-order valence-electron chi connectivity index (χ0n) is 10.4. The van der Waals surface area contributed by atoms with Gasteiger partial charge in [-0.05, 0) is 30.5 Å². The Morgan fingerprint density at radius 2 is 2.12 bits per heavy atom. The van der Waals surface area contributed by atoms with Gasteiger partial charge in [0.2, 0.25) is 0 Å². The van der Waals surface area contributed by atoms with E-state index in [4.69, 9.17) is 5.11 Å². The molecule has 0 heterocycles.